The maximum Gasteiger partial charge on any atom is 0.311 e. The number of carbonyl (C=O) groups is 2. The van der Waals surface area contributed by atoms with Crippen molar-refractivity contribution in [1.29, 1.82) is 0 Å². The van der Waals surface area contributed by atoms with Crippen LogP contribution in [-0.4, -0.2) is 72.7 Å². The third kappa shape index (κ3) is 3.60. The van der Waals surface area contributed by atoms with E-state index in [0.29, 0.717) is 45.2 Å². The van der Waals surface area contributed by atoms with E-state index in [4.69, 9.17) is 4.74 Å². The number of hydrogen-bond acceptors (Lipinski definition) is 4. The number of ether oxygens (including phenoxy) is 1. The molecule has 3 atom stereocenters. The predicted molar refractivity (Wildman–Crippen MR) is 100 cm³/mol. The zero-order chi connectivity index (χ0) is 18.9. The summed E-state index contributed by atoms with van der Waals surface area (Å²) < 4.78 is 5.34. The number of carbonyl (C=O) groups excluding carboxylic acids is 1. The topological polar surface area (TPSA) is 70.1 Å². The zero-order valence-electron chi connectivity index (χ0n) is 15.7. The van der Waals surface area contributed by atoms with Gasteiger partial charge in [0.1, 0.15) is 0 Å². The second kappa shape index (κ2) is 7.60. The van der Waals surface area contributed by atoms with E-state index in [1.54, 1.807) is 0 Å². The van der Waals surface area contributed by atoms with Crippen molar-refractivity contribution in [3.05, 3.63) is 35.9 Å². The van der Waals surface area contributed by atoms with Gasteiger partial charge >= 0.3 is 5.97 Å². The number of nitrogens with zero attached hydrogens (tertiary/aromatic N) is 2. The highest BCUT2D eigenvalue weighted by Gasteiger charge is 2.55. The quantitative estimate of drug-likeness (QED) is 0.873. The molecular weight excluding hydrogens is 344 g/mol. The number of hydrogen-bond donors (Lipinski definition) is 1. The molecular formula is C21H28N2O4. The van der Waals surface area contributed by atoms with Crippen molar-refractivity contribution in [3.63, 3.8) is 0 Å². The van der Waals surface area contributed by atoms with E-state index in [1.165, 1.54) is 5.56 Å². The molecule has 0 bridgehead atoms. The van der Waals surface area contributed by atoms with Crippen LogP contribution in [0.5, 0.6) is 0 Å². The monoisotopic (exact) mass is 372 g/mol. The van der Waals surface area contributed by atoms with Crippen molar-refractivity contribution in [1.82, 2.24) is 9.80 Å². The average Bonchev–Trinajstić information content (AvgIpc) is 3.10. The Kier molecular flexibility index (Phi) is 5.19. The molecule has 3 fully saturated rings. The molecule has 6 nitrogen and oxygen atoms in total. The fraction of sp³-hybridized carbons (Fsp3) is 0.619. The van der Waals surface area contributed by atoms with Gasteiger partial charge in [0.2, 0.25) is 5.91 Å². The van der Waals surface area contributed by atoms with Gasteiger partial charge in [-0.3, -0.25) is 14.5 Å². The van der Waals surface area contributed by atoms with Crippen molar-refractivity contribution in [3.8, 4) is 0 Å². The molecule has 2 aliphatic heterocycles. The lowest BCUT2D eigenvalue weighted by atomic mass is 9.64. The first-order valence-corrected chi connectivity index (χ1v) is 9.95. The number of morpholine rings is 1. The van der Waals surface area contributed by atoms with Gasteiger partial charge < -0.3 is 14.7 Å². The minimum Gasteiger partial charge on any atom is -0.481 e. The zero-order valence-corrected chi connectivity index (χ0v) is 15.7. The lowest BCUT2D eigenvalue weighted by Crippen LogP contribution is -2.45. The van der Waals surface area contributed by atoms with Crippen LogP contribution in [0, 0.1) is 11.3 Å². The normalized spacial score (nSPS) is 31.5. The Labute approximate surface area is 160 Å². The van der Waals surface area contributed by atoms with Gasteiger partial charge in [0, 0.05) is 26.2 Å². The number of carboxylic acid groups (broad SMARTS) is 1. The van der Waals surface area contributed by atoms with Crippen LogP contribution in [0.2, 0.25) is 0 Å². The molecule has 4 rings (SSSR count). The van der Waals surface area contributed by atoms with Gasteiger partial charge in [-0.15, -0.1) is 0 Å². The maximum absolute atomic E-state index is 12.8. The molecule has 1 aliphatic carbocycles. The molecule has 27 heavy (non-hydrogen) atoms. The minimum absolute atomic E-state index is 0.0302. The Morgan fingerprint density at radius 1 is 1.19 bits per heavy atom. The number of benzene rings is 1. The summed E-state index contributed by atoms with van der Waals surface area (Å²) in [7, 11) is 0. The molecule has 0 spiro atoms. The van der Waals surface area contributed by atoms with Crippen LogP contribution in [0.25, 0.3) is 0 Å². The number of fused-ring (bicyclic) bond motifs is 1. The van der Waals surface area contributed by atoms with Gasteiger partial charge in [-0.1, -0.05) is 30.3 Å². The average molecular weight is 372 g/mol. The number of likely N-dealkylation sites (tertiary alicyclic amines) is 1. The van der Waals surface area contributed by atoms with Crippen LogP contribution >= 0.6 is 0 Å². The van der Waals surface area contributed by atoms with Crippen LogP contribution in [0.1, 0.15) is 30.7 Å². The Morgan fingerprint density at radius 3 is 2.63 bits per heavy atom. The van der Waals surface area contributed by atoms with E-state index in [-0.39, 0.29) is 11.8 Å². The molecule has 1 aromatic carbocycles. The molecule has 0 radical (unpaired) electrons. The van der Waals surface area contributed by atoms with E-state index < -0.39 is 11.4 Å². The summed E-state index contributed by atoms with van der Waals surface area (Å²) in [5.41, 5.74) is 0.515. The van der Waals surface area contributed by atoms with Crippen LogP contribution in [-0.2, 0) is 14.3 Å². The van der Waals surface area contributed by atoms with Crippen molar-refractivity contribution in [2.75, 3.05) is 45.9 Å². The molecule has 3 aliphatic rings. The molecule has 1 amide bonds. The van der Waals surface area contributed by atoms with Crippen LogP contribution < -0.4 is 0 Å². The minimum atomic E-state index is -0.772. The van der Waals surface area contributed by atoms with E-state index in [0.717, 1.165) is 25.9 Å². The maximum atomic E-state index is 12.8. The van der Waals surface area contributed by atoms with Gasteiger partial charge in [0.05, 0.1) is 25.2 Å². The highest BCUT2D eigenvalue weighted by molar-refractivity contribution is 5.82. The lowest BCUT2D eigenvalue weighted by Gasteiger charge is -2.38. The van der Waals surface area contributed by atoms with E-state index in [1.807, 2.05) is 23.1 Å². The number of carboxylic acids is 1. The smallest absolute Gasteiger partial charge is 0.311 e. The highest BCUT2D eigenvalue weighted by atomic mass is 16.5. The van der Waals surface area contributed by atoms with Crippen molar-refractivity contribution >= 4 is 11.9 Å². The van der Waals surface area contributed by atoms with Gasteiger partial charge in [-0.25, -0.2) is 0 Å². The molecule has 1 unspecified atom stereocenters. The third-order valence-electron chi connectivity index (χ3n) is 6.72. The summed E-state index contributed by atoms with van der Waals surface area (Å²) in [6, 6.07) is 10.4. The van der Waals surface area contributed by atoms with Crippen LogP contribution in [0.15, 0.2) is 30.3 Å². The Hall–Kier alpha value is -1.92. The van der Waals surface area contributed by atoms with Crippen molar-refractivity contribution in [2.45, 2.75) is 25.2 Å². The Morgan fingerprint density at radius 2 is 1.93 bits per heavy atom. The molecule has 1 aromatic rings. The second-order valence-electron chi connectivity index (χ2n) is 8.20. The van der Waals surface area contributed by atoms with Gasteiger partial charge in [-0.2, -0.15) is 0 Å². The van der Waals surface area contributed by atoms with E-state index >= 15 is 0 Å². The first kappa shape index (κ1) is 18.4. The molecule has 6 heteroatoms. The lowest BCUT2D eigenvalue weighted by molar-refractivity contribution is -0.153. The summed E-state index contributed by atoms with van der Waals surface area (Å²) in [5, 5.41) is 10.0. The largest absolute Gasteiger partial charge is 0.481 e. The first-order valence-electron chi connectivity index (χ1n) is 9.95. The van der Waals surface area contributed by atoms with E-state index in [2.05, 4.69) is 17.0 Å². The molecule has 2 heterocycles. The van der Waals surface area contributed by atoms with Crippen LogP contribution in [0.4, 0.5) is 0 Å². The summed E-state index contributed by atoms with van der Waals surface area (Å²) in [6.07, 6.45) is 2.36. The van der Waals surface area contributed by atoms with E-state index in [9.17, 15) is 14.7 Å². The number of aliphatic carboxylic acids is 1. The van der Waals surface area contributed by atoms with Crippen molar-refractivity contribution < 1.29 is 19.4 Å². The molecule has 0 aromatic heterocycles. The second-order valence-corrected chi connectivity index (χ2v) is 8.20. The molecule has 2 saturated heterocycles. The first-order chi connectivity index (χ1) is 13.1. The SMILES string of the molecule is O=C(CN1CCOCC1)N1C[C@@H]2CC(c3ccccc3)CC[C@]2(C(=O)O)C1. The Bertz CT molecular complexity index is 689. The number of amides is 1. The van der Waals surface area contributed by atoms with Gasteiger partial charge in [0.25, 0.3) is 0 Å². The standard InChI is InChI=1S/C21H28N2O4/c24-19(14-22-8-10-27-11-9-22)23-13-18-12-17(16-4-2-1-3-5-16)6-7-21(18,15-23)20(25)26/h1-5,17-18H,6-15H2,(H,25,26)/t17?,18-,21-/m0/s1. The van der Waals surface area contributed by atoms with Crippen LogP contribution in [0.3, 0.4) is 0 Å². The summed E-state index contributed by atoms with van der Waals surface area (Å²) >= 11 is 0. The summed E-state index contributed by atoms with van der Waals surface area (Å²) in [6.45, 7) is 4.15. The summed E-state index contributed by atoms with van der Waals surface area (Å²) in [5.74, 6) is -0.260. The fourth-order valence-electron chi connectivity index (χ4n) is 5.07. The predicted octanol–water partition coefficient (Wildman–Crippen LogP) is 1.82. The molecule has 1 N–H and O–H groups in total. The van der Waals surface area contributed by atoms with Gasteiger partial charge in [-0.05, 0) is 36.7 Å². The molecule has 146 valence electrons. The van der Waals surface area contributed by atoms with Gasteiger partial charge in [0.15, 0.2) is 0 Å². The number of rotatable bonds is 4. The van der Waals surface area contributed by atoms with Crippen molar-refractivity contribution in [2.24, 2.45) is 11.3 Å². The highest BCUT2D eigenvalue weighted by Crippen LogP contribution is 2.51. The Balaban J connectivity index is 1.46. The fourth-order valence-corrected chi connectivity index (χ4v) is 5.07. The third-order valence-corrected chi connectivity index (χ3v) is 6.72. The molecule has 1 saturated carbocycles. The summed E-state index contributed by atoms with van der Waals surface area (Å²) in [4.78, 5) is 28.9.